The van der Waals surface area contributed by atoms with Crippen molar-refractivity contribution in [2.45, 2.75) is 71.1 Å². The van der Waals surface area contributed by atoms with Gasteiger partial charge in [-0.3, -0.25) is 0 Å². The third kappa shape index (κ3) is 4.63. The molecule has 0 saturated heterocycles. The minimum atomic E-state index is -0.300. The molecule has 0 N–H and O–H groups in total. The lowest BCUT2D eigenvalue weighted by atomic mass is 9.62. The zero-order chi connectivity index (χ0) is 21.2. The van der Waals surface area contributed by atoms with Crippen LogP contribution in [0.25, 0.3) is 6.08 Å². The van der Waals surface area contributed by atoms with Crippen molar-refractivity contribution in [2.24, 2.45) is 0 Å². The van der Waals surface area contributed by atoms with Crippen LogP contribution in [0.4, 0.5) is 0 Å². The highest BCUT2D eigenvalue weighted by atomic mass is 16.5. The third-order valence-corrected chi connectivity index (χ3v) is 6.49. The van der Waals surface area contributed by atoms with E-state index >= 15 is 0 Å². The van der Waals surface area contributed by atoms with E-state index in [1.54, 1.807) is 0 Å². The van der Waals surface area contributed by atoms with E-state index in [-0.39, 0.29) is 22.7 Å². The van der Waals surface area contributed by atoms with Gasteiger partial charge in [-0.15, -0.1) is 0 Å². The lowest BCUT2D eigenvalue weighted by Crippen LogP contribution is -2.34. The van der Waals surface area contributed by atoms with Crippen LogP contribution in [0.2, 0.25) is 0 Å². The molecule has 0 heterocycles. The maximum absolute atomic E-state index is 11.6. The van der Waals surface area contributed by atoms with Gasteiger partial charge in [0.05, 0.1) is 6.61 Å². The molecule has 1 aliphatic rings. The highest BCUT2D eigenvalue weighted by Crippen LogP contribution is 2.46. The smallest absolute Gasteiger partial charge is 0.330 e. The van der Waals surface area contributed by atoms with Gasteiger partial charge in [-0.1, -0.05) is 77.1 Å². The predicted molar refractivity (Wildman–Crippen MR) is 121 cm³/mol. The average Bonchev–Trinajstić information content (AvgIpc) is 2.70. The Balaban J connectivity index is 1.91. The minimum Gasteiger partial charge on any atom is -0.463 e. The molecule has 2 heteroatoms. The molecule has 0 spiro atoms. The second-order valence-corrected chi connectivity index (χ2v) is 9.55. The van der Waals surface area contributed by atoms with Gasteiger partial charge in [-0.2, -0.15) is 0 Å². The fourth-order valence-electron chi connectivity index (χ4n) is 4.35. The van der Waals surface area contributed by atoms with Crippen molar-refractivity contribution >= 4 is 12.0 Å². The molecule has 0 radical (unpaired) electrons. The first-order valence-corrected chi connectivity index (χ1v) is 10.7. The summed E-state index contributed by atoms with van der Waals surface area (Å²) in [5.41, 5.74) is 7.06. The summed E-state index contributed by atoms with van der Waals surface area (Å²) in [5.74, 6) is -0.0115. The second-order valence-electron chi connectivity index (χ2n) is 9.55. The summed E-state index contributed by atoms with van der Waals surface area (Å²) >= 11 is 0. The first-order valence-electron chi connectivity index (χ1n) is 10.7. The molecule has 2 nitrogen and oxygen atoms in total. The van der Waals surface area contributed by atoms with Crippen molar-refractivity contribution in [3.8, 4) is 0 Å². The van der Waals surface area contributed by atoms with Gasteiger partial charge < -0.3 is 4.74 Å². The second kappa shape index (κ2) is 8.18. The number of ether oxygens (including phenoxy) is 1. The summed E-state index contributed by atoms with van der Waals surface area (Å²) in [5, 5.41) is 0. The number of fused-ring (bicyclic) bond motifs is 1. The molecule has 3 rings (SSSR count). The summed E-state index contributed by atoms with van der Waals surface area (Å²) < 4.78 is 4.97. The normalized spacial score (nSPS) is 18.3. The maximum atomic E-state index is 11.6. The third-order valence-electron chi connectivity index (χ3n) is 6.49. The molecule has 2 aromatic rings. The number of benzene rings is 2. The van der Waals surface area contributed by atoms with Crippen molar-refractivity contribution in [2.75, 3.05) is 6.61 Å². The van der Waals surface area contributed by atoms with Crippen molar-refractivity contribution in [1.82, 2.24) is 0 Å². The fourth-order valence-corrected chi connectivity index (χ4v) is 4.35. The fraction of sp³-hybridized carbons (Fsp3) is 0.444. The molecule has 0 bridgehead atoms. The molecule has 1 aliphatic carbocycles. The molecular formula is C27H34O2. The van der Waals surface area contributed by atoms with Crippen LogP contribution in [0.1, 0.15) is 88.1 Å². The van der Waals surface area contributed by atoms with Gasteiger partial charge in [0.1, 0.15) is 0 Å². The van der Waals surface area contributed by atoms with Crippen molar-refractivity contribution in [3.05, 3.63) is 76.4 Å². The van der Waals surface area contributed by atoms with Crippen LogP contribution < -0.4 is 0 Å². The van der Waals surface area contributed by atoms with Gasteiger partial charge in [-0.25, -0.2) is 4.79 Å². The number of rotatable bonds is 5. The highest BCUT2D eigenvalue weighted by Gasteiger charge is 2.37. The molecular weight excluding hydrogens is 356 g/mol. The Labute approximate surface area is 176 Å². The zero-order valence-corrected chi connectivity index (χ0v) is 18.7. The minimum absolute atomic E-state index is 0.213. The molecule has 0 amide bonds. The summed E-state index contributed by atoms with van der Waals surface area (Å²) in [7, 11) is 0. The number of carbonyl (C=O) groups excluding carboxylic acids is 1. The quantitative estimate of drug-likeness (QED) is 0.416. The molecule has 1 atom stereocenters. The van der Waals surface area contributed by atoms with Crippen molar-refractivity contribution < 1.29 is 9.53 Å². The standard InChI is InChI=1S/C27H34O2/c1-7-29-25(28)14-11-20-9-8-10-21(17-20)19(2)22-12-13-23-24(18-22)27(5,6)16-15-26(23,3)4/h8-14,17-19H,7,15-16H2,1-6H3/b14-11+. The van der Waals surface area contributed by atoms with Gasteiger partial charge >= 0.3 is 5.97 Å². The van der Waals surface area contributed by atoms with Crippen molar-refractivity contribution in [1.29, 1.82) is 0 Å². The Bertz CT molecular complexity index is 918. The first kappa shape index (κ1) is 21.4. The van der Waals surface area contributed by atoms with Crippen LogP contribution in [0.3, 0.4) is 0 Å². The first-order chi connectivity index (χ1) is 13.6. The van der Waals surface area contributed by atoms with E-state index in [1.807, 2.05) is 19.1 Å². The largest absolute Gasteiger partial charge is 0.463 e. The van der Waals surface area contributed by atoms with Gasteiger partial charge in [-0.05, 0) is 64.5 Å². The number of carbonyl (C=O) groups is 1. The van der Waals surface area contributed by atoms with E-state index in [2.05, 4.69) is 71.0 Å². The van der Waals surface area contributed by atoms with E-state index in [0.717, 1.165) is 5.56 Å². The predicted octanol–water partition coefficient (Wildman–Crippen LogP) is 6.76. The maximum Gasteiger partial charge on any atom is 0.330 e. The number of hydrogen-bond donors (Lipinski definition) is 0. The Hall–Kier alpha value is -2.35. The van der Waals surface area contributed by atoms with E-state index in [1.165, 1.54) is 41.2 Å². The SMILES string of the molecule is CCOC(=O)/C=C/c1cccc(C(C)c2ccc3c(c2)C(C)(C)CCC3(C)C)c1. The average molecular weight is 391 g/mol. The highest BCUT2D eigenvalue weighted by molar-refractivity contribution is 5.87. The number of hydrogen-bond acceptors (Lipinski definition) is 2. The van der Waals surface area contributed by atoms with Crippen LogP contribution >= 0.6 is 0 Å². The van der Waals surface area contributed by atoms with E-state index < -0.39 is 0 Å². The van der Waals surface area contributed by atoms with Crippen LogP contribution in [-0.2, 0) is 20.4 Å². The lowest BCUT2D eigenvalue weighted by Gasteiger charge is -2.42. The Kier molecular flexibility index (Phi) is 6.03. The summed E-state index contributed by atoms with van der Waals surface area (Å²) in [6.45, 7) is 13.9. The Morgan fingerprint density at radius 3 is 2.34 bits per heavy atom. The summed E-state index contributed by atoms with van der Waals surface area (Å²) in [6.07, 6.45) is 5.78. The van der Waals surface area contributed by atoms with E-state index in [0.29, 0.717) is 6.61 Å². The molecule has 2 aromatic carbocycles. The van der Waals surface area contributed by atoms with E-state index in [4.69, 9.17) is 4.74 Å². The molecule has 0 saturated carbocycles. The molecule has 0 aliphatic heterocycles. The number of esters is 1. The van der Waals surface area contributed by atoms with Crippen LogP contribution in [0.5, 0.6) is 0 Å². The van der Waals surface area contributed by atoms with E-state index in [9.17, 15) is 4.79 Å². The monoisotopic (exact) mass is 390 g/mol. The zero-order valence-electron chi connectivity index (χ0n) is 18.7. The Morgan fingerprint density at radius 2 is 1.66 bits per heavy atom. The Morgan fingerprint density at radius 1 is 1.00 bits per heavy atom. The van der Waals surface area contributed by atoms with Crippen LogP contribution in [0, 0.1) is 0 Å². The molecule has 0 fully saturated rings. The summed E-state index contributed by atoms with van der Waals surface area (Å²) in [6, 6.07) is 15.5. The molecule has 1 unspecified atom stereocenters. The molecule has 29 heavy (non-hydrogen) atoms. The molecule has 154 valence electrons. The lowest BCUT2D eigenvalue weighted by molar-refractivity contribution is -0.137. The van der Waals surface area contributed by atoms with Gasteiger partial charge in [0.15, 0.2) is 0 Å². The molecule has 0 aromatic heterocycles. The van der Waals surface area contributed by atoms with Gasteiger partial charge in [0.25, 0.3) is 0 Å². The summed E-state index contributed by atoms with van der Waals surface area (Å²) in [4.78, 5) is 11.6. The van der Waals surface area contributed by atoms with Crippen LogP contribution in [-0.4, -0.2) is 12.6 Å². The van der Waals surface area contributed by atoms with Crippen molar-refractivity contribution in [3.63, 3.8) is 0 Å². The van der Waals surface area contributed by atoms with Gasteiger partial charge in [0.2, 0.25) is 0 Å². The van der Waals surface area contributed by atoms with Crippen LogP contribution in [0.15, 0.2) is 48.5 Å². The van der Waals surface area contributed by atoms with Gasteiger partial charge in [0, 0.05) is 12.0 Å². The topological polar surface area (TPSA) is 26.3 Å².